The normalized spacial score (nSPS) is 15.0. The molecule has 3 aromatic carbocycles. The fraction of sp³-hybridized carbons (Fsp3) is 0.136. The molecule has 0 radical (unpaired) electrons. The van der Waals surface area contributed by atoms with E-state index in [1.807, 2.05) is 66.4 Å². The molecular weight excluding hydrogens is 310 g/mol. The summed E-state index contributed by atoms with van der Waals surface area (Å²) in [6, 6.07) is 20.1. The monoisotopic (exact) mass is 329 g/mol. The zero-order valence-electron chi connectivity index (χ0n) is 14.3. The van der Waals surface area contributed by atoms with Crippen LogP contribution >= 0.6 is 0 Å². The van der Waals surface area contributed by atoms with Gasteiger partial charge in [0.05, 0.1) is 12.8 Å². The predicted molar refractivity (Wildman–Crippen MR) is 103 cm³/mol. The maximum atomic E-state index is 13.0. The van der Waals surface area contributed by atoms with Gasteiger partial charge in [0.25, 0.3) is 5.91 Å². The minimum absolute atomic E-state index is 0.0405. The topological polar surface area (TPSA) is 29.5 Å². The van der Waals surface area contributed by atoms with Gasteiger partial charge in [0.1, 0.15) is 5.75 Å². The lowest BCUT2D eigenvalue weighted by atomic mass is 9.99. The smallest absolute Gasteiger partial charge is 0.258 e. The summed E-state index contributed by atoms with van der Waals surface area (Å²) in [5, 5.41) is 2.20. The van der Waals surface area contributed by atoms with E-state index in [9.17, 15) is 4.79 Å². The molecule has 3 heteroatoms. The minimum Gasteiger partial charge on any atom is -0.496 e. The highest BCUT2D eigenvalue weighted by molar-refractivity contribution is 6.36. The Kier molecular flexibility index (Phi) is 3.77. The number of fused-ring (bicyclic) bond motifs is 2. The van der Waals surface area contributed by atoms with Gasteiger partial charge in [-0.3, -0.25) is 4.79 Å². The number of carbonyl (C=O) groups is 1. The number of benzene rings is 3. The van der Waals surface area contributed by atoms with Crippen LogP contribution < -0.4 is 9.64 Å². The second-order valence-electron chi connectivity index (χ2n) is 6.03. The van der Waals surface area contributed by atoms with Gasteiger partial charge in [-0.05, 0) is 35.9 Å². The maximum Gasteiger partial charge on any atom is 0.258 e. The molecule has 1 aliphatic rings. The highest BCUT2D eigenvalue weighted by Crippen LogP contribution is 2.39. The van der Waals surface area contributed by atoms with Gasteiger partial charge in [-0.25, -0.2) is 0 Å². The third kappa shape index (κ3) is 2.40. The lowest BCUT2D eigenvalue weighted by Crippen LogP contribution is -2.25. The zero-order valence-corrected chi connectivity index (χ0v) is 14.3. The van der Waals surface area contributed by atoms with Crippen molar-refractivity contribution in [2.24, 2.45) is 0 Å². The van der Waals surface area contributed by atoms with Gasteiger partial charge in [0.2, 0.25) is 0 Å². The first-order valence-corrected chi connectivity index (χ1v) is 8.43. The van der Waals surface area contributed by atoms with Gasteiger partial charge >= 0.3 is 0 Å². The first-order chi connectivity index (χ1) is 12.2. The molecule has 3 aromatic rings. The number of likely N-dealkylation sites (N-methyl/N-ethyl adjacent to an activating group) is 1. The van der Waals surface area contributed by atoms with Crippen LogP contribution in [0.5, 0.6) is 5.75 Å². The molecule has 0 aliphatic carbocycles. The Morgan fingerprint density at radius 2 is 1.76 bits per heavy atom. The lowest BCUT2D eigenvalue weighted by molar-refractivity contribution is -0.112. The predicted octanol–water partition coefficient (Wildman–Crippen LogP) is 4.76. The molecule has 1 heterocycles. The second-order valence-corrected chi connectivity index (χ2v) is 6.03. The number of nitrogens with zero attached hydrogens (tertiary/aromatic N) is 1. The maximum absolute atomic E-state index is 13.0. The molecule has 1 amide bonds. The summed E-state index contributed by atoms with van der Waals surface area (Å²) in [7, 11) is 1.66. The Labute approximate surface area is 147 Å². The largest absolute Gasteiger partial charge is 0.496 e. The number of methoxy groups -OCH3 is 1. The van der Waals surface area contributed by atoms with Crippen LogP contribution in [0.1, 0.15) is 18.1 Å². The molecule has 0 N–H and O–H groups in total. The molecule has 124 valence electrons. The Morgan fingerprint density at radius 1 is 1.00 bits per heavy atom. The van der Waals surface area contributed by atoms with Crippen molar-refractivity contribution in [3.63, 3.8) is 0 Å². The molecule has 0 saturated carbocycles. The van der Waals surface area contributed by atoms with Crippen molar-refractivity contribution < 1.29 is 9.53 Å². The Morgan fingerprint density at radius 3 is 2.56 bits per heavy atom. The van der Waals surface area contributed by atoms with Crippen LogP contribution in [0.25, 0.3) is 22.4 Å². The number of anilines is 1. The Balaban J connectivity index is 1.98. The van der Waals surface area contributed by atoms with Crippen molar-refractivity contribution in [3.8, 4) is 5.75 Å². The van der Waals surface area contributed by atoms with Crippen LogP contribution in [0.2, 0.25) is 0 Å². The highest BCUT2D eigenvalue weighted by Gasteiger charge is 2.31. The molecule has 0 atom stereocenters. The minimum atomic E-state index is 0.0405. The van der Waals surface area contributed by atoms with Gasteiger partial charge in [0.15, 0.2) is 0 Å². The van der Waals surface area contributed by atoms with E-state index in [0.717, 1.165) is 33.3 Å². The molecule has 0 bridgehead atoms. The van der Waals surface area contributed by atoms with Crippen molar-refractivity contribution in [3.05, 3.63) is 71.8 Å². The fourth-order valence-electron chi connectivity index (χ4n) is 3.51. The standard InChI is InChI=1S/C22H19NO2/c1-3-23-20-11-7-6-10-17(20)19(22(23)24)14-18-16-9-5-4-8-15(16)12-13-21(18)25-2/h4-14H,3H2,1-2H3. The first-order valence-electron chi connectivity index (χ1n) is 8.43. The molecule has 0 spiro atoms. The quantitative estimate of drug-likeness (QED) is 0.649. The number of rotatable bonds is 3. The molecule has 0 saturated heterocycles. The van der Waals surface area contributed by atoms with E-state index in [1.165, 1.54) is 0 Å². The summed E-state index contributed by atoms with van der Waals surface area (Å²) in [5.41, 5.74) is 3.61. The number of ether oxygens (including phenoxy) is 1. The van der Waals surface area contributed by atoms with E-state index in [0.29, 0.717) is 12.1 Å². The van der Waals surface area contributed by atoms with E-state index >= 15 is 0 Å². The number of amides is 1. The second kappa shape index (κ2) is 6.10. The van der Waals surface area contributed by atoms with Gasteiger partial charge < -0.3 is 9.64 Å². The SMILES string of the molecule is CCN1C(=O)C(=Cc2c(OC)ccc3ccccc23)c2ccccc21. The summed E-state index contributed by atoms with van der Waals surface area (Å²) in [6.07, 6.45) is 1.97. The number of hydrogen-bond acceptors (Lipinski definition) is 2. The first kappa shape index (κ1) is 15.5. The van der Waals surface area contributed by atoms with E-state index in [1.54, 1.807) is 7.11 Å². The van der Waals surface area contributed by atoms with Crippen molar-refractivity contribution in [1.29, 1.82) is 0 Å². The van der Waals surface area contributed by atoms with Crippen molar-refractivity contribution in [2.45, 2.75) is 6.92 Å². The number of carbonyl (C=O) groups excluding carboxylic acids is 1. The Bertz CT molecular complexity index is 1000. The summed E-state index contributed by atoms with van der Waals surface area (Å²) in [5.74, 6) is 0.810. The number of para-hydroxylation sites is 1. The molecule has 0 aromatic heterocycles. The third-order valence-corrected chi connectivity index (χ3v) is 4.72. The van der Waals surface area contributed by atoms with Crippen LogP contribution in [0.3, 0.4) is 0 Å². The van der Waals surface area contributed by atoms with Crippen LogP contribution in [0, 0.1) is 0 Å². The average Bonchev–Trinajstić information content (AvgIpc) is 2.93. The molecule has 4 rings (SSSR count). The van der Waals surface area contributed by atoms with Crippen molar-refractivity contribution in [1.82, 2.24) is 0 Å². The summed E-state index contributed by atoms with van der Waals surface area (Å²) in [4.78, 5) is 14.8. The average molecular weight is 329 g/mol. The van der Waals surface area contributed by atoms with Crippen molar-refractivity contribution >= 4 is 34.0 Å². The van der Waals surface area contributed by atoms with Gasteiger partial charge in [-0.15, -0.1) is 0 Å². The van der Waals surface area contributed by atoms with Gasteiger partial charge in [0, 0.05) is 23.2 Å². The van der Waals surface area contributed by atoms with E-state index in [4.69, 9.17) is 4.74 Å². The lowest BCUT2D eigenvalue weighted by Gasteiger charge is -2.13. The van der Waals surface area contributed by atoms with E-state index in [2.05, 4.69) is 12.1 Å². The number of hydrogen-bond donors (Lipinski definition) is 0. The summed E-state index contributed by atoms with van der Waals surface area (Å²) >= 11 is 0. The molecule has 3 nitrogen and oxygen atoms in total. The highest BCUT2D eigenvalue weighted by atomic mass is 16.5. The van der Waals surface area contributed by atoms with Gasteiger partial charge in [-0.2, -0.15) is 0 Å². The molecule has 1 aliphatic heterocycles. The third-order valence-electron chi connectivity index (χ3n) is 4.72. The van der Waals surface area contributed by atoms with Crippen LogP contribution in [-0.4, -0.2) is 19.6 Å². The van der Waals surface area contributed by atoms with E-state index < -0.39 is 0 Å². The fourth-order valence-corrected chi connectivity index (χ4v) is 3.51. The van der Waals surface area contributed by atoms with Crippen LogP contribution in [0.15, 0.2) is 60.7 Å². The molecule has 0 unspecified atom stereocenters. The molecule has 0 fully saturated rings. The van der Waals surface area contributed by atoms with Crippen LogP contribution in [0.4, 0.5) is 5.69 Å². The van der Waals surface area contributed by atoms with Crippen molar-refractivity contribution in [2.75, 3.05) is 18.6 Å². The molecular formula is C22H19NO2. The zero-order chi connectivity index (χ0) is 17.4. The summed E-state index contributed by atoms with van der Waals surface area (Å²) in [6.45, 7) is 2.65. The van der Waals surface area contributed by atoms with Crippen LogP contribution in [-0.2, 0) is 4.79 Å². The summed E-state index contributed by atoms with van der Waals surface area (Å²) < 4.78 is 5.57. The van der Waals surface area contributed by atoms with E-state index in [-0.39, 0.29) is 5.91 Å². The molecule has 25 heavy (non-hydrogen) atoms. The van der Waals surface area contributed by atoms with Gasteiger partial charge in [-0.1, -0.05) is 48.5 Å². The Hall–Kier alpha value is -3.07.